The molecular weight excluding hydrogens is 180 g/mol. The van der Waals surface area contributed by atoms with Crippen molar-refractivity contribution in [3.05, 3.63) is 0 Å². The van der Waals surface area contributed by atoms with Gasteiger partial charge in [0.2, 0.25) is 5.91 Å². The van der Waals surface area contributed by atoms with Crippen LogP contribution in [0.25, 0.3) is 0 Å². The molecule has 1 saturated heterocycles. The highest BCUT2D eigenvalue weighted by Crippen LogP contribution is 2.11. The summed E-state index contributed by atoms with van der Waals surface area (Å²) in [6.07, 6.45) is 2.61. The second kappa shape index (κ2) is 5.98. The Bertz CT molecular complexity index is 175. The number of carbonyl (C=O) groups is 1. The van der Waals surface area contributed by atoms with E-state index in [9.17, 15) is 4.79 Å². The van der Waals surface area contributed by atoms with Gasteiger partial charge in [-0.25, -0.2) is 0 Å². The summed E-state index contributed by atoms with van der Waals surface area (Å²) in [7, 11) is 0. The number of hydrogen-bond donors (Lipinski definition) is 3. The van der Waals surface area contributed by atoms with Crippen molar-refractivity contribution in [1.29, 1.82) is 0 Å². The molecule has 82 valence electrons. The van der Waals surface area contributed by atoms with Gasteiger partial charge in [0.15, 0.2) is 0 Å². The Labute approximate surface area is 85.1 Å². The van der Waals surface area contributed by atoms with E-state index in [4.69, 9.17) is 5.11 Å². The Hall–Kier alpha value is -0.610. The van der Waals surface area contributed by atoms with E-state index < -0.39 is 0 Å². The van der Waals surface area contributed by atoms with Gasteiger partial charge in [-0.1, -0.05) is 6.92 Å². The largest absolute Gasteiger partial charge is 0.394 e. The molecule has 0 aromatic carbocycles. The molecule has 14 heavy (non-hydrogen) atoms. The molecule has 1 aliphatic rings. The molecule has 1 rings (SSSR count). The second-order valence-electron chi connectivity index (χ2n) is 3.82. The molecule has 4 heteroatoms. The van der Waals surface area contributed by atoms with E-state index in [0.717, 1.165) is 32.4 Å². The zero-order valence-electron chi connectivity index (χ0n) is 8.75. The predicted molar refractivity (Wildman–Crippen MR) is 54.9 cm³/mol. The Morgan fingerprint density at radius 1 is 1.57 bits per heavy atom. The Balaban J connectivity index is 2.32. The van der Waals surface area contributed by atoms with Gasteiger partial charge in [-0.3, -0.25) is 4.79 Å². The maximum atomic E-state index is 11.7. The first-order valence-electron chi connectivity index (χ1n) is 5.39. The second-order valence-corrected chi connectivity index (χ2v) is 3.82. The van der Waals surface area contributed by atoms with E-state index in [1.54, 1.807) is 0 Å². The van der Waals surface area contributed by atoms with Crippen LogP contribution in [-0.4, -0.2) is 36.8 Å². The summed E-state index contributed by atoms with van der Waals surface area (Å²) in [5, 5.41) is 15.0. The van der Waals surface area contributed by atoms with Gasteiger partial charge in [-0.15, -0.1) is 0 Å². The molecule has 3 N–H and O–H groups in total. The molecule has 0 aliphatic carbocycles. The SMILES string of the molecule is CC[C@H](CO)NC(=O)C1CCNCC1. The minimum absolute atomic E-state index is 0.0349. The van der Waals surface area contributed by atoms with Gasteiger partial charge in [-0.05, 0) is 32.4 Å². The summed E-state index contributed by atoms with van der Waals surface area (Å²) < 4.78 is 0. The Kier molecular flexibility index (Phi) is 4.90. The zero-order valence-corrected chi connectivity index (χ0v) is 8.75. The van der Waals surface area contributed by atoms with Crippen LogP contribution in [0.3, 0.4) is 0 Å². The van der Waals surface area contributed by atoms with Crippen LogP contribution in [0.2, 0.25) is 0 Å². The molecule has 1 fully saturated rings. The van der Waals surface area contributed by atoms with Crippen LogP contribution in [0, 0.1) is 5.92 Å². The van der Waals surface area contributed by atoms with Crippen LogP contribution in [0.5, 0.6) is 0 Å². The van der Waals surface area contributed by atoms with Crippen molar-refractivity contribution >= 4 is 5.91 Å². The summed E-state index contributed by atoms with van der Waals surface area (Å²) in [5.74, 6) is 0.240. The molecule has 0 spiro atoms. The highest BCUT2D eigenvalue weighted by molar-refractivity contribution is 5.79. The van der Waals surface area contributed by atoms with Crippen molar-refractivity contribution in [3.8, 4) is 0 Å². The van der Waals surface area contributed by atoms with Gasteiger partial charge >= 0.3 is 0 Å². The van der Waals surface area contributed by atoms with E-state index in [1.165, 1.54) is 0 Å². The highest BCUT2D eigenvalue weighted by atomic mass is 16.3. The number of nitrogens with one attached hydrogen (secondary N) is 2. The lowest BCUT2D eigenvalue weighted by molar-refractivity contribution is -0.126. The number of carbonyl (C=O) groups excluding carboxylic acids is 1. The van der Waals surface area contributed by atoms with Crippen LogP contribution in [-0.2, 0) is 4.79 Å². The minimum atomic E-state index is -0.0719. The first kappa shape index (κ1) is 11.5. The lowest BCUT2D eigenvalue weighted by atomic mass is 9.97. The average Bonchev–Trinajstić information content (AvgIpc) is 2.26. The fourth-order valence-corrected chi connectivity index (χ4v) is 1.68. The number of hydrogen-bond acceptors (Lipinski definition) is 3. The van der Waals surface area contributed by atoms with Crippen LogP contribution in [0.1, 0.15) is 26.2 Å². The van der Waals surface area contributed by atoms with Crippen molar-refractivity contribution in [2.75, 3.05) is 19.7 Å². The van der Waals surface area contributed by atoms with Gasteiger partial charge < -0.3 is 15.7 Å². The van der Waals surface area contributed by atoms with Gasteiger partial charge in [0.1, 0.15) is 0 Å². The molecule has 0 aromatic rings. The molecule has 0 bridgehead atoms. The summed E-state index contributed by atoms with van der Waals surface area (Å²) in [6.45, 7) is 3.85. The van der Waals surface area contributed by atoms with Gasteiger partial charge in [-0.2, -0.15) is 0 Å². The van der Waals surface area contributed by atoms with Crippen molar-refractivity contribution in [2.24, 2.45) is 5.92 Å². The monoisotopic (exact) mass is 200 g/mol. The molecule has 0 saturated carbocycles. The molecule has 1 aliphatic heterocycles. The van der Waals surface area contributed by atoms with Crippen molar-refractivity contribution in [1.82, 2.24) is 10.6 Å². The molecule has 1 atom stereocenters. The molecule has 4 nitrogen and oxygen atoms in total. The van der Waals surface area contributed by atoms with Crippen LogP contribution in [0.15, 0.2) is 0 Å². The number of piperidine rings is 1. The minimum Gasteiger partial charge on any atom is -0.394 e. The van der Waals surface area contributed by atoms with Crippen molar-refractivity contribution in [2.45, 2.75) is 32.2 Å². The first-order valence-corrected chi connectivity index (χ1v) is 5.39. The maximum Gasteiger partial charge on any atom is 0.223 e. The van der Waals surface area contributed by atoms with Gasteiger partial charge in [0.25, 0.3) is 0 Å². The van der Waals surface area contributed by atoms with E-state index in [1.807, 2.05) is 6.92 Å². The van der Waals surface area contributed by atoms with Gasteiger partial charge in [0, 0.05) is 5.92 Å². The number of aliphatic hydroxyl groups excluding tert-OH is 1. The Morgan fingerprint density at radius 3 is 2.71 bits per heavy atom. The maximum absolute atomic E-state index is 11.7. The van der Waals surface area contributed by atoms with E-state index >= 15 is 0 Å². The lowest BCUT2D eigenvalue weighted by Gasteiger charge is -2.24. The third-order valence-electron chi connectivity index (χ3n) is 2.77. The van der Waals surface area contributed by atoms with Crippen LogP contribution >= 0.6 is 0 Å². The molecule has 1 amide bonds. The predicted octanol–water partition coefficient (Wildman–Crippen LogP) is -0.127. The van der Waals surface area contributed by atoms with Crippen molar-refractivity contribution in [3.63, 3.8) is 0 Å². The van der Waals surface area contributed by atoms with Crippen LogP contribution < -0.4 is 10.6 Å². The van der Waals surface area contributed by atoms with Crippen LogP contribution in [0.4, 0.5) is 0 Å². The standard InChI is InChI=1S/C10H20N2O2/c1-2-9(7-13)12-10(14)8-3-5-11-6-4-8/h8-9,11,13H,2-7H2,1H3,(H,12,14)/t9-/m1/s1. The highest BCUT2D eigenvalue weighted by Gasteiger charge is 2.22. The van der Waals surface area contributed by atoms with Crippen molar-refractivity contribution < 1.29 is 9.90 Å². The number of rotatable bonds is 4. The summed E-state index contributed by atoms with van der Waals surface area (Å²) in [4.78, 5) is 11.7. The first-order chi connectivity index (χ1) is 6.77. The molecule has 0 aromatic heterocycles. The summed E-state index contributed by atoms with van der Waals surface area (Å²) in [6, 6.07) is -0.0719. The normalized spacial score (nSPS) is 20.4. The van der Waals surface area contributed by atoms with E-state index in [-0.39, 0.29) is 24.5 Å². The summed E-state index contributed by atoms with van der Waals surface area (Å²) in [5.41, 5.74) is 0. The summed E-state index contributed by atoms with van der Waals surface area (Å²) >= 11 is 0. The molecule has 1 heterocycles. The molecule has 0 unspecified atom stereocenters. The van der Waals surface area contributed by atoms with E-state index in [2.05, 4.69) is 10.6 Å². The average molecular weight is 200 g/mol. The van der Waals surface area contributed by atoms with E-state index in [0.29, 0.717) is 0 Å². The van der Waals surface area contributed by atoms with Gasteiger partial charge in [0.05, 0.1) is 12.6 Å². The Morgan fingerprint density at radius 2 is 2.21 bits per heavy atom. The smallest absolute Gasteiger partial charge is 0.223 e. The third kappa shape index (κ3) is 3.27. The lowest BCUT2D eigenvalue weighted by Crippen LogP contribution is -2.43. The quantitative estimate of drug-likeness (QED) is 0.592. The zero-order chi connectivity index (χ0) is 10.4. The third-order valence-corrected chi connectivity index (χ3v) is 2.77. The number of aliphatic hydroxyl groups is 1. The fraction of sp³-hybridized carbons (Fsp3) is 0.900. The molecular formula is C10H20N2O2. The number of amides is 1. The molecule has 0 radical (unpaired) electrons. The topological polar surface area (TPSA) is 61.4 Å². The fourth-order valence-electron chi connectivity index (χ4n) is 1.68.